The Morgan fingerprint density at radius 3 is 2.00 bits per heavy atom. The van der Waals surface area contributed by atoms with E-state index in [0.717, 1.165) is 24.8 Å². The number of benzene rings is 2. The lowest BCUT2D eigenvalue weighted by molar-refractivity contribution is -0.176. The van der Waals surface area contributed by atoms with Crippen LogP contribution in [0.15, 0.2) is 60.7 Å². The molecule has 1 unspecified atom stereocenters. The minimum atomic E-state index is -0.619. The summed E-state index contributed by atoms with van der Waals surface area (Å²) in [5.74, 6) is -0.619. The molecule has 1 atom stereocenters. The predicted octanol–water partition coefficient (Wildman–Crippen LogP) is 4.53. The quantitative estimate of drug-likeness (QED) is 0.739. The molecule has 1 aliphatic heterocycles. The van der Waals surface area contributed by atoms with E-state index in [4.69, 9.17) is 9.47 Å². The second-order valence-corrected chi connectivity index (χ2v) is 6.96. The summed E-state index contributed by atoms with van der Waals surface area (Å²) in [4.78, 5) is 2.34. The van der Waals surface area contributed by atoms with E-state index in [1.807, 2.05) is 6.07 Å². The van der Waals surface area contributed by atoms with Gasteiger partial charge in [0.15, 0.2) is 5.79 Å². The van der Waals surface area contributed by atoms with Gasteiger partial charge in [-0.05, 0) is 32.5 Å². The van der Waals surface area contributed by atoms with E-state index in [-0.39, 0.29) is 5.54 Å². The third-order valence-corrected chi connectivity index (χ3v) is 5.59. The molecule has 1 fully saturated rings. The first-order valence-corrected chi connectivity index (χ1v) is 9.19. The maximum Gasteiger partial charge on any atom is 0.195 e. The first-order chi connectivity index (χ1) is 12.1. The third-order valence-electron chi connectivity index (χ3n) is 5.59. The zero-order chi connectivity index (χ0) is 17.8. The summed E-state index contributed by atoms with van der Waals surface area (Å²) in [6.07, 6.45) is 2.84. The van der Waals surface area contributed by atoms with E-state index in [1.165, 1.54) is 5.56 Å². The smallest absolute Gasteiger partial charge is 0.195 e. The van der Waals surface area contributed by atoms with Crippen molar-refractivity contribution in [1.82, 2.24) is 4.90 Å². The van der Waals surface area contributed by atoms with Crippen LogP contribution in [0.25, 0.3) is 0 Å². The SMILES string of the molecule is CCC(CCC1(c2ccccc2)OCCO1)(c1ccccc1)N(C)C. The van der Waals surface area contributed by atoms with Crippen molar-refractivity contribution in [3.8, 4) is 0 Å². The summed E-state index contributed by atoms with van der Waals surface area (Å²) in [6.45, 7) is 3.57. The highest BCUT2D eigenvalue weighted by molar-refractivity contribution is 5.26. The largest absolute Gasteiger partial charge is 0.343 e. The van der Waals surface area contributed by atoms with Crippen LogP contribution in [0, 0.1) is 0 Å². The summed E-state index contributed by atoms with van der Waals surface area (Å²) in [7, 11) is 4.34. The summed E-state index contributed by atoms with van der Waals surface area (Å²) >= 11 is 0. The summed E-state index contributed by atoms with van der Waals surface area (Å²) < 4.78 is 12.3. The van der Waals surface area contributed by atoms with Crippen molar-refractivity contribution < 1.29 is 9.47 Å². The first kappa shape index (κ1) is 18.1. The molecule has 0 amide bonds. The Balaban J connectivity index is 1.90. The van der Waals surface area contributed by atoms with Crippen molar-refractivity contribution >= 4 is 0 Å². The molecule has 0 aromatic heterocycles. The monoisotopic (exact) mass is 339 g/mol. The highest BCUT2D eigenvalue weighted by Gasteiger charge is 2.42. The van der Waals surface area contributed by atoms with E-state index < -0.39 is 5.79 Å². The molecule has 2 aromatic carbocycles. The van der Waals surface area contributed by atoms with E-state index in [2.05, 4.69) is 80.5 Å². The van der Waals surface area contributed by atoms with Gasteiger partial charge in [-0.2, -0.15) is 0 Å². The van der Waals surface area contributed by atoms with E-state index >= 15 is 0 Å². The van der Waals surface area contributed by atoms with Crippen LogP contribution >= 0.6 is 0 Å². The summed E-state index contributed by atoms with van der Waals surface area (Å²) in [5, 5.41) is 0. The van der Waals surface area contributed by atoms with Crippen LogP contribution in [-0.2, 0) is 20.8 Å². The fourth-order valence-electron chi connectivity index (χ4n) is 4.05. The standard InChI is InChI=1S/C22H29NO2/c1-4-21(23(2)3,19-11-7-5-8-12-19)15-16-22(24-17-18-25-22)20-13-9-6-10-14-20/h5-14H,4,15-18H2,1-3H3. The maximum absolute atomic E-state index is 6.14. The average Bonchev–Trinajstić information content (AvgIpc) is 3.14. The molecule has 0 aliphatic carbocycles. The molecule has 3 nitrogen and oxygen atoms in total. The molecule has 0 bridgehead atoms. The van der Waals surface area contributed by atoms with Gasteiger partial charge in [-0.1, -0.05) is 67.6 Å². The Kier molecular flexibility index (Phi) is 5.57. The lowest BCUT2D eigenvalue weighted by Crippen LogP contribution is -2.43. The first-order valence-electron chi connectivity index (χ1n) is 9.19. The van der Waals surface area contributed by atoms with Crippen LogP contribution in [0.2, 0.25) is 0 Å². The summed E-state index contributed by atoms with van der Waals surface area (Å²) in [6, 6.07) is 21.1. The second kappa shape index (κ2) is 7.69. The molecule has 1 aliphatic rings. The molecule has 0 saturated carbocycles. The van der Waals surface area contributed by atoms with Crippen molar-refractivity contribution in [2.45, 2.75) is 37.5 Å². The Bertz CT molecular complexity index is 650. The summed E-state index contributed by atoms with van der Waals surface area (Å²) in [5.41, 5.74) is 2.44. The minimum absolute atomic E-state index is 0.0294. The predicted molar refractivity (Wildman–Crippen MR) is 101 cm³/mol. The van der Waals surface area contributed by atoms with E-state index in [0.29, 0.717) is 13.2 Å². The molecule has 134 valence electrons. The normalized spacial score (nSPS) is 19.0. The van der Waals surface area contributed by atoms with E-state index in [1.54, 1.807) is 0 Å². The van der Waals surface area contributed by atoms with Gasteiger partial charge in [-0.3, -0.25) is 4.90 Å². The molecular weight excluding hydrogens is 310 g/mol. The van der Waals surface area contributed by atoms with Crippen molar-refractivity contribution in [1.29, 1.82) is 0 Å². The van der Waals surface area contributed by atoms with Crippen LogP contribution in [0.5, 0.6) is 0 Å². The molecule has 0 radical (unpaired) electrons. The molecule has 25 heavy (non-hydrogen) atoms. The van der Waals surface area contributed by atoms with E-state index in [9.17, 15) is 0 Å². The molecule has 3 rings (SSSR count). The highest BCUT2D eigenvalue weighted by Crippen LogP contribution is 2.42. The molecular formula is C22H29NO2. The lowest BCUT2D eigenvalue weighted by atomic mass is 9.80. The number of rotatable bonds is 7. The van der Waals surface area contributed by atoms with Gasteiger partial charge in [0.2, 0.25) is 0 Å². The van der Waals surface area contributed by atoms with Crippen molar-refractivity contribution in [3.05, 3.63) is 71.8 Å². The molecule has 2 aromatic rings. The van der Waals surface area contributed by atoms with Gasteiger partial charge in [0, 0.05) is 17.5 Å². The number of ether oxygens (including phenoxy) is 2. The number of nitrogens with zero attached hydrogens (tertiary/aromatic N) is 1. The van der Waals surface area contributed by atoms with Gasteiger partial charge in [-0.25, -0.2) is 0 Å². The van der Waals surface area contributed by atoms with Crippen LogP contribution in [0.4, 0.5) is 0 Å². The van der Waals surface area contributed by atoms with Gasteiger partial charge >= 0.3 is 0 Å². The Morgan fingerprint density at radius 2 is 1.48 bits per heavy atom. The lowest BCUT2D eigenvalue weighted by Gasteiger charge is -2.42. The zero-order valence-electron chi connectivity index (χ0n) is 15.6. The zero-order valence-corrected chi connectivity index (χ0v) is 15.6. The van der Waals surface area contributed by atoms with Crippen molar-refractivity contribution in [3.63, 3.8) is 0 Å². The number of hydrogen-bond acceptors (Lipinski definition) is 3. The van der Waals surface area contributed by atoms with Gasteiger partial charge < -0.3 is 9.47 Å². The molecule has 3 heteroatoms. The van der Waals surface area contributed by atoms with Crippen LogP contribution in [-0.4, -0.2) is 32.2 Å². The van der Waals surface area contributed by atoms with Gasteiger partial charge in [0.25, 0.3) is 0 Å². The topological polar surface area (TPSA) is 21.7 Å². The minimum Gasteiger partial charge on any atom is -0.343 e. The van der Waals surface area contributed by atoms with Crippen LogP contribution in [0.3, 0.4) is 0 Å². The molecule has 1 saturated heterocycles. The molecule has 1 heterocycles. The third kappa shape index (κ3) is 3.50. The number of hydrogen-bond donors (Lipinski definition) is 0. The maximum atomic E-state index is 6.14. The van der Waals surface area contributed by atoms with Gasteiger partial charge in [0.1, 0.15) is 0 Å². The highest BCUT2D eigenvalue weighted by atomic mass is 16.7. The fraction of sp³-hybridized carbons (Fsp3) is 0.455. The van der Waals surface area contributed by atoms with Crippen LogP contribution in [0.1, 0.15) is 37.3 Å². The Hall–Kier alpha value is -1.68. The molecule has 0 spiro atoms. The van der Waals surface area contributed by atoms with Crippen molar-refractivity contribution in [2.24, 2.45) is 0 Å². The Morgan fingerprint density at radius 1 is 0.920 bits per heavy atom. The average molecular weight is 339 g/mol. The van der Waals surface area contributed by atoms with Gasteiger partial charge in [-0.15, -0.1) is 0 Å². The Labute approximate surface area is 151 Å². The second-order valence-electron chi connectivity index (χ2n) is 6.96. The van der Waals surface area contributed by atoms with Crippen molar-refractivity contribution in [2.75, 3.05) is 27.3 Å². The molecule has 0 N–H and O–H groups in total. The fourth-order valence-corrected chi connectivity index (χ4v) is 4.05. The van der Waals surface area contributed by atoms with Crippen LogP contribution < -0.4 is 0 Å². The van der Waals surface area contributed by atoms with Gasteiger partial charge in [0.05, 0.1) is 13.2 Å².